The number of sulfone groups is 1. The lowest BCUT2D eigenvalue weighted by Crippen LogP contribution is -2.59. The number of carboxylic acid groups (broad SMARTS) is 1. The van der Waals surface area contributed by atoms with Crippen LogP contribution in [0.15, 0.2) is 60.7 Å². The Hall–Kier alpha value is -3.67. The number of rotatable bonds is 12. The lowest BCUT2D eigenvalue weighted by molar-refractivity contribution is -0.157. The minimum absolute atomic E-state index is 0.0435. The van der Waals surface area contributed by atoms with Crippen LogP contribution in [0, 0.1) is 17.2 Å². The van der Waals surface area contributed by atoms with E-state index < -0.39 is 61.6 Å². The third-order valence-corrected chi connectivity index (χ3v) is 13.1. The average molecular weight is 764 g/mol. The molecule has 0 saturated carbocycles. The number of methoxy groups -OCH3 is 1. The summed E-state index contributed by atoms with van der Waals surface area (Å²) in [6.45, 7) is 10.3. The SMILES string of the molecule is CC[C@@H](C)[C@@H](CS(=O)(=O)C(C)(C)C)N1C(=O)[C@@](C)(CC(=O)Nc2ccc(C(=O)O)c(OC)c2)C[C@H](c2cccc(Cl)c2)[C@H]1c1ccc(Cl)c(F)c1. The summed E-state index contributed by atoms with van der Waals surface area (Å²) >= 11 is 12.6. The molecule has 3 aromatic carbocycles. The van der Waals surface area contributed by atoms with Gasteiger partial charge in [-0.15, -0.1) is 0 Å². The third kappa shape index (κ3) is 8.69. The third-order valence-electron chi connectivity index (χ3n) is 9.91. The van der Waals surface area contributed by atoms with E-state index in [1.165, 1.54) is 37.4 Å². The van der Waals surface area contributed by atoms with Gasteiger partial charge in [0.15, 0.2) is 9.84 Å². The number of carboxylic acids is 1. The van der Waals surface area contributed by atoms with E-state index in [1.807, 2.05) is 19.9 Å². The van der Waals surface area contributed by atoms with E-state index in [1.54, 1.807) is 56.9 Å². The van der Waals surface area contributed by atoms with Gasteiger partial charge < -0.3 is 20.1 Å². The molecule has 0 bridgehead atoms. The van der Waals surface area contributed by atoms with Crippen LogP contribution in [0.25, 0.3) is 0 Å². The molecule has 0 aromatic heterocycles. The van der Waals surface area contributed by atoms with E-state index >= 15 is 9.18 Å². The highest BCUT2D eigenvalue weighted by atomic mass is 35.5. The smallest absolute Gasteiger partial charge is 0.339 e. The van der Waals surface area contributed by atoms with Crippen molar-refractivity contribution in [2.45, 2.75) is 83.6 Å². The Morgan fingerprint density at radius 2 is 1.78 bits per heavy atom. The molecule has 2 amide bonds. The standard InChI is InChI=1S/C38H45Cl2FN2O7S/c1-8-22(2)31(21-51(48,49)37(3,4)5)43-34(24-12-15-29(40)30(41)17-24)28(23-10-9-11-25(39)16-23)19-38(6,36(43)47)20-33(44)42-26-13-14-27(35(45)46)32(18-26)50-7/h9-18,22,28,31,34H,8,19-21H2,1-7H3,(H,42,44)(H,45,46)/t22-,28-,31-,34-,38-/m1/s1. The number of halogens is 3. The van der Waals surface area contributed by atoms with E-state index in [9.17, 15) is 23.1 Å². The predicted octanol–water partition coefficient (Wildman–Crippen LogP) is 8.56. The van der Waals surface area contributed by atoms with E-state index in [4.69, 9.17) is 27.9 Å². The molecule has 5 atom stereocenters. The van der Waals surface area contributed by atoms with Crippen molar-refractivity contribution in [2.75, 3.05) is 18.2 Å². The van der Waals surface area contributed by atoms with Crippen LogP contribution in [-0.2, 0) is 19.4 Å². The number of hydrogen-bond donors (Lipinski definition) is 2. The van der Waals surface area contributed by atoms with Gasteiger partial charge in [-0.05, 0) is 80.6 Å². The van der Waals surface area contributed by atoms with Crippen LogP contribution < -0.4 is 10.1 Å². The van der Waals surface area contributed by atoms with Crippen LogP contribution in [0.1, 0.15) is 94.2 Å². The highest BCUT2D eigenvalue weighted by molar-refractivity contribution is 7.92. The maximum absolute atomic E-state index is 15.2. The normalized spacial score (nSPS) is 20.8. The number of likely N-dealkylation sites (tertiary alicyclic amines) is 1. The zero-order valence-electron chi connectivity index (χ0n) is 29.8. The van der Waals surface area contributed by atoms with Crippen LogP contribution in [0.4, 0.5) is 10.1 Å². The number of amides is 2. The Morgan fingerprint density at radius 3 is 2.35 bits per heavy atom. The summed E-state index contributed by atoms with van der Waals surface area (Å²) in [7, 11) is -2.48. The minimum Gasteiger partial charge on any atom is -0.496 e. The first-order chi connectivity index (χ1) is 23.7. The molecule has 1 aliphatic heterocycles. The Balaban J connectivity index is 1.91. The molecule has 13 heteroatoms. The molecule has 51 heavy (non-hydrogen) atoms. The van der Waals surface area contributed by atoms with Crippen molar-refractivity contribution in [2.24, 2.45) is 11.3 Å². The number of anilines is 1. The van der Waals surface area contributed by atoms with Gasteiger partial charge in [-0.3, -0.25) is 9.59 Å². The zero-order valence-corrected chi connectivity index (χ0v) is 32.1. The number of nitrogens with one attached hydrogen (secondary N) is 1. The summed E-state index contributed by atoms with van der Waals surface area (Å²) in [6, 6.07) is 13.9. The van der Waals surface area contributed by atoms with Crippen LogP contribution in [-0.4, -0.2) is 59.9 Å². The number of ether oxygens (including phenoxy) is 1. The molecular weight excluding hydrogens is 718 g/mol. The molecule has 0 radical (unpaired) electrons. The van der Waals surface area contributed by atoms with Gasteiger partial charge in [-0.1, -0.05) is 68.6 Å². The van der Waals surface area contributed by atoms with Crippen molar-refractivity contribution >= 4 is 56.5 Å². The molecule has 4 rings (SSSR count). The molecule has 3 aromatic rings. The second-order valence-corrected chi connectivity index (χ2v) is 18.2. The fourth-order valence-corrected chi connectivity index (χ4v) is 8.47. The molecule has 276 valence electrons. The lowest BCUT2D eigenvalue weighted by Gasteiger charge is -2.53. The molecule has 9 nitrogen and oxygen atoms in total. The maximum atomic E-state index is 15.2. The number of carbonyl (C=O) groups is 3. The largest absolute Gasteiger partial charge is 0.496 e. The van der Waals surface area contributed by atoms with Crippen molar-refractivity contribution in [1.82, 2.24) is 4.90 Å². The lowest BCUT2D eigenvalue weighted by atomic mass is 9.66. The van der Waals surface area contributed by atoms with Crippen molar-refractivity contribution in [1.29, 1.82) is 0 Å². The minimum atomic E-state index is -3.79. The first-order valence-corrected chi connectivity index (χ1v) is 19.1. The summed E-state index contributed by atoms with van der Waals surface area (Å²) in [6.07, 6.45) is 0.359. The first-order valence-electron chi connectivity index (χ1n) is 16.7. The van der Waals surface area contributed by atoms with E-state index in [0.717, 1.165) is 5.56 Å². The van der Waals surface area contributed by atoms with Crippen LogP contribution >= 0.6 is 23.2 Å². The molecule has 0 aliphatic carbocycles. The number of nitrogens with zero attached hydrogens (tertiary/aromatic N) is 1. The number of aromatic carboxylic acids is 1. The zero-order chi connectivity index (χ0) is 38.1. The van der Waals surface area contributed by atoms with Gasteiger partial charge >= 0.3 is 5.97 Å². The van der Waals surface area contributed by atoms with Gasteiger partial charge in [0.25, 0.3) is 0 Å². The highest BCUT2D eigenvalue weighted by Gasteiger charge is 2.54. The van der Waals surface area contributed by atoms with E-state index in [-0.39, 0.29) is 46.5 Å². The van der Waals surface area contributed by atoms with E-state index in [2.05, 4.69) is 5.32 Å². The Bertz CT molecular complexity index is 1920. The molecule has 0 unspecified atom stereocenters. The average Bonchev–Trinajstić information content (AvgIpc) is 3.05. The number of carbonyl (C=O) groups excluding carboxylic acids is 2. The quantitative estimate of drug-likeness (QED) is 0.189. The van der Waals surface area contributed by atoms with Crippen LogP contribution in [0.5, 0.6) is 5.75 Å². The van der Waals surface area contributed by atoms with Crippen LogP contribution in [0.2, 0.25) is 10.0 Å². The topological polar surface area (TPSA) is 130 Å². The molecule has 1 heterocycles. The van der Waals surface area contributed by atoms with Crippen molar-refractivity contribution in [3.8, 4) is 5.75 Å². The first kappa shape index (κ1) is 40.1. The molecule has 1 fully saturated rings. The molecule has 1 aliphatic rings. The molecule has 0 spiro atoms. The van der Waals surface area contributed by atoms with Crippen LogP contribution in [0.3, 0.4) is 0 Å². The number of benzene rings is 3. The van der Waals surface area contributed by atoms with Gasteiger partial charge in [0.05, 0.1) is 34.1 Å². The molecular formula is C38H45Cl2FN2O7S. The summed E-state index contributed by atoms with van der Waals surface area (Å²) in [5, 5.41) is 12.6. The van der Waals surface area contributed by atoms with Gasteiger partial charge in [0.2, 0.25) is 11.8 Å². The fraction of sp³-hybridized carbons (Fsp3) is 0.447. The second-order valence-electron chi connectivity index (χ2n) is 14.5. The summed E-state index contributed by atoms with van der Waals surface area (Å²) in [5.74, 6) is -4.06. The van der Waals surface area contributed by atoms with Crippen molar-refractivity contribution in [3.05, 3.63) is 93.2 Å². The Morgan fingerprint density at radius 1 is 1.10 bits per heavy atom. The van der Waals surface area contributed by atoms with Gasteiger partial charge in [-0.25, -0.2) is 17.6 Å². The second kappa shape index (κ2) is 15.5. The van der Waals surface area contributed by atoms with E-state index in [0.29, 0.717) is 17.0 Å². The Kier molecular flexibility index (Phi) is 12.2. The summed E-state index contributed by atoms with van der Waals surface area (Å²) in [4.78, 5) is 42.1. The maximum Gasteiger partial charge on any atom is 0.339 e. The fourth-order valence-electron chi connectivity index (χ4n) is 6.72. The summed E-state index contributed by atoms with van der Waals surface area (Å²) in [5.41, 5.74) is -0.0478. The molecule has 1 saturated heterocycles. The predicted molar refractivity (Wildman–Crippen MR) is 198 cm³/mol. The number of piperidine rings is 1. The van der Waals surface area contributed by atoms with Crippen molar-refractivity contribution < 1.29 is 37.0 Å². The highest BCUT2D eigenvalue weighted by Crippen LogP contribution is 2.53. The van der Waals surface area contributed by atoms with Gasteiger partial charge in [0.1, 0.15) is 17.1 Å². The Labute approximate surface area is 309 Å². The monoisotopic (exact) mass is 762 g/mol. The summed E-state index contributed by atoms with van der Waals surface area (Å²) < 4.78 is 47.1. The number of hydrogen-bond acceptors (Lipinski definition) is 6. The molecule has 2 N–H and O–H groups in total. The van der Waals surface area contributed by atoms with Crippen molar-refractivity contribution in [3.63, 3.8) is 0 Å². The van der Waals surface area contributed by atoms with Gasteiger partial charge in [0, 0.05) is 35.2 Å². The van der Waals surface area contributed by atoms with Gasteiger partial charge in [-0.2, -0.15) is 0 Å².